The number of nitrogens with one attached hydrogen (secondary N) is 3. The van der Waals surface area contributed by atoms with E-state index in [0.717, 1.165) is 12.0 Å². The molecule has 1 atom stereocenters. The fraction of sp³-hybridized carbons (Fsp3) is 0.259. The molecule has 0 fully saturated rings. The van der Waals surface area contributed by atoms with Crippen LogP contribution in [0.25, 0.3) is 0 Å². The van der Waals surface area contributed by atoms with Crippen LogP contribution in [0.1, 0.15) is 46.1 Å². The lowest BCUT2D eigenvalue weighted by Gasteiger charge is -2.45. The minimum atomic E-state index is -0.344. The molecule has 0 heterocycles. The third kappa shape index (κ3) is 3.98. The summed E-state index contributed by atoms with van der Waals surface area (Å²) in [6, 6.07) is 26.7. The lowest BCUT2D eigenvalue weighted by Crippen LogP contribution is -2.44. The van der Waals surface area contributed by atoms with Crippen LogP contribution in [0, 0.1) is 5.92 Å². The molecule has 3 aliphatic carbocycles. The van der Waals surface area contributed by atoms with Crippen LogP contribution in [0.4, 0.5) is 4.79 Å². The number of carbonyl (C=O) groups is 2. The van der Waals surface area contributed by atoms with Crippen LogP contribution >= 0.6 is 0 Å². The maximum Gasteiger partial charge on any atom is 0.315 e. The zero-order valence-corrected chi connectivity index (χ0v) is 17.9. The van der Waals surface area contributed by atoms with Gasteiger partial charge in [0.15, 0.2) is 0 Å². The number of fused-ring (bicyclic) bond motifs is 1. The third-order valence-electron chi connectivity index (χ3n) is 6.69. The summed E-state index contributed by atoms with van der Waals surface area (Å²) in [5.74, 6) is 0.870. The monoisotopic (exact) mass is 425 g/mol. The van der Waals surface area contributed by atoms with Gasteiger partial charge in [0, 0.05) is 24.9 Å². The average molecular weight is 426 g/mol. The van der Waals surface area contributed by atoms with Crippen LogP contribution in [0.2, 0.25) is 0 Å². The van der Waals surface area contributed by atoms with Crippen molar-refractivity contribution in [1.29, 1.82) is 0 Å². The van der Waals surface area contributed by atoms with Gasteiger partial charge in [-0.2, -0.15) is 0 Å². The van der Waals surface area contributed by atoms with Gasteiger partial charge in [-0.05, 0) is 40.2 Å². The van der Waals surface area contributed by atoms with Crippen LogP contribution in [0.15, 0.2) is 78.9 Å². The molecular formula is C27H27N3O2. The van der Waals surface area contributed by atoms with Crippen molar-refractivity contribution in [3.05, 3.63) is 107 Å². The van der Waals surface area contributed by atoms with E-state index in [4.69, 9.17) is 0 Å². The third-order valence-corrected chi connectivity index (χ3v) is 6.69. The summed E-state index contributed by atoms with van der Waals surface area (Å²) in [6.45, 7) is 1.00. The molecule has 32 heavy (non-hydrogen) atoms. The van der Waals surface area contributed by atoms with Crippen LogP contribution in [0.3, 0.4) is 0 Å². The van der Waals surface area contributed by atoms with E-state index < -0.39 is 0 Å². The molecule has 3 aromatic carbocycles. The number of hydrogen-bond donors (Lipinski definition) is 3. The van der Waals surface area contributed by atoms with Crippen molar-refractivity contribution in [2.45, 2.75) is 24.8 Å². The maximum absolute atomic E-state index is 12.4. The fourth-order valence-corrected chi connectivity index (χ4v) is 5.27. The second-order valence-corrected chi connectivity index (χ2v) is 8.61. The Labute approximate surface area is 188 Å². The van der Waals surface area contributed by atoms with Crippen LogP contribution in [-0.4, -0.2) is 25.0 Å². The summed E-state index contributed by atoms with van der Waals surface area (Å²) in [7, 11) is 0. The maximum atomic E-state index is 12.4. The Morgan fingerprint density at radius 1 is 0.719 bits per heavy atom. The first-order valence-corrected chi connectivity index (χ1v) is 11.2. The first-order valence-electron chi connectivity index (χ1n) is 11.2. The Morgan fingerprint density at radius 3 is 1.97 bits per heavy atom. The summed E-state index contributed by atoms with van der Waals surface area (Å²) in [4.78, 5) is 24.4. The highest BCUT2D eigenvalue weighted by Gasteiger charge is 2.42. The summed E-state index contributed by atoms with van der Waals surface area (Å²) in [6.07, 6.45) is 1.03. The van der Waals surface area contributed by atoms with Gasteiger partial charge in [0.1, 0.15) is 0 Å². The molecule has 0 aromatic heterocycles. The molecule has 0 saturated carbocycles. The van der Waals surface area contributed by atoms with Crippen molar-refractivity contribution >= 4 is 11.9 Å². The van der Waals surface area contributed by atoms with Crippen molar-refractivity contribution < 1.29 is 9.59 Å². The lowest BCUT2D eigenvalue weighted by atomic mass is 9.59. The molecule has 5 nitrogen and oxygen atoms in total. The standard InChI is InChI=1S/C27H27N3O2/c31-25(17-30-27(32)29-15-18-8-2-1-3-9-18)28-16-19-14-24-20-10-4-6-12-22(20)26(19)23-13-7-5-11-21(23)24/h1-13,19,24,26H,14-17H2,(H,28,31)(H2,29,30,32). The molecule has 5 heteroatoms. The topological polar surface area (TPSA) is 70.2 Å². The Balaban J connectivity index is 1.16. The van der Waals surface area contributed by atoms with Gasteiger partial charge in [0.2, 0.25) is 5.91 Å². The van der Waals surface area contributed by atoms with E-state index in [2.05, 4.69) is 64.5 Å². The molecule has 162 valence electrons. The van der Waals surface area contributed by atoms with Gasteiger partial charge in [-0.25, -0.2) is 4.79 Å². The molecule has 3 amide bonds. The molecular weight excluding hydrogens is 398 g/mol. The fourth-order valence-electron chi connectivity index (χ4n) is 5.27. The molecule has 3 aliphatic rings. The SMILES string of the molecule is O=C(CNC(=O)NCc1ccccc1)NCC1CC2c3ccccc3C1c1ccccc12. The van der Waals surface area contributed by atoms with Crippen LogP contribution < -0.4 is 16.0 Å². The number of urea groups is 1. The number of rotatable bonds is 6. The second kappa shape index (κ2) is 8.87. The molecule has 3 aromatic rings. The molecule has 0 radical (unpaired) electrons. The highest BCUT2D eigenvalue weighted by atomic mass is 16.2. The van der Waals surface area contributed by atoms with Gasteiger partial charge in [-0.3, -0.25) is 4.79 Å². The van der Waals surface area contributed by atoms with Crippen molar-refractivity contribution in [3.63, 3.8) is 0 Å². The first-order chi connectivity index (χ1) is 15.7. The quantitative estimate of drug-likeness (QED) is 0.561. The smallest absolute Gasteiger partial charge is 0.315 e. The van der Waals surface area contributed by atoms with Gasteiger partial charge in [0.05, 0.1) is 6.54 Å². The first kappa shape index (κ1) is 20.3. The lowest BCUT2D eigenvalue weighted by molar-refractivity contribution is -0.120. The van der Waals surface area contributed by atoms with Crippen LogP contribution in [0.5, 0.6) is 0 Å². The Kier molecular flexibility index (Phi) is 5.63. The Morgan fingerprint density at radius 2 is 1.31 bits per heavy atom. The molecule has 2 bridgehead atoms. The molecule has 6 rings (SSSR count). The van der Waals surface area contributed by atoms with E-state index in [1.54, 1.807) is 0 Å². The van der Waals surface area contributed by atoms with Crippen molar-refractivity contribution in [3.8, 4) is 0 Å². The summed E-state index contributed by atoms with van der Waals surface area (Å²) in [5, 5.41) is 8.46. The summed E-state index contributed by atoms with van der Waals surface area (Å²) < 4.78 is 0. The zero-order valence-electron chi connectivity index (χ0n) is 17.9. The molecule has 0 saturated heterocycles. The van der Waals surface area contributed by atoms with E-state index in [9.17, 15) is 9.59 Å². The summed E-state index contributed by atoms with van der Waals surface area (Å²) in [5.41, 5.74) is 6.64. The van der Waals surface area contributed by atoms with Gasteiger partial charge in [0.25, 0.3) is 0 Å². The van der Waals surface area contributed by atoms with Gasteiger partial charge in [-0.15, -0.1) is 0 Å². The normalized spacial score (nSPS) is 20.1. The van der Waals surface area contributed by atoms with E-state index in [1.807, 2.05) is 30.3 Å². The Hall–Kier alpha value is -3.60. The number of benzene rings is 3. The predicted molar refractivity (Wildman–Crippen MR) is 124 cm³/mol. The van der Waals surface area contributed by atoms with E-state index in [-0.39, 0.29) is 18.5 Å². The number of carbonyl (C=O) groups excluding carboxylic acids is 2. The highest BCUT2D eigenvalue weighted by molar-refractivity contribution is 5.83. The zero-order chi connectivity index (χ0) is 21.9. The predicted octanol–water partition coefficient (Wildman–Crippen LogP) is 3.90. The molecule has 0 spiro atoms. The van der Waals surface area contributed by atoms with Crippen molar-refractivity contribution in [2.75, 3.05) is 13.1 Å². The van der Waals surface area contributed by atoms with Crippen LogP contribution in [-0.2, 0) is 11.3 Å². The summed E-state index contributed by atoms with van der Waals surface area (Å²) >= 11 is 0. The van der Waals surface area contributed by atoms with E-state index >= 15 is 0 Å². The highest BCUT2D eigenvalue weighted by Crippen LogP contribution is 2.55. The number of amides is 3. The second-order valence-electron chi connectivity index (χ2n) is 8.61. The van der Waals surface area contributed by atoms with Crippen molar-refractivity contribution in [1.82, 2.24) is 16.0 Å². The number of hydrogen-bond acceptors (Lipinski definition) is 2. The molecule has 3 N–H and O–H groups in total. The van der Waals surface area contributed by atoms with Gasteiger partial charge in [-0.1, -0.05) is 78.9 Å². The molecule has 0 aliphatic heterocycles. The minimum absolute atomic E-state index is 0.0331. The minimum Gasteiger partial charge on any atom is -0.354 e. The van der Waals surface area contributed by atoms with Gasteiger partial charge < -0.3 is 16.0 Å². The molecule has 1 unspecified atom stereocenters. The Bertz CT molecular complexity index is 1080. The largest absolute Gasteiger partial charge is 0.354 e. The van der Waals surface area contributed by atoms with E-state index in [1.165, 1.54) is 22.3 Å². The van der Waals surface area contributed by atoms with Crippen molar-refractivity contribution in [2.24, 2.45) is 5.92 Å². The van der Waals surface area contributed by atoms with E-state index in [0.29, 0.717) is 30.8 Å². The van der Waals surface area contributed by atoms with Gasteiger partial charge >= 0.3 is 6.03 Å². The average Bonchev–Trinajstić information content (AvgIpc) is 2.85.